The van der Waals surface area contributed by atoms with Crippen LogP contribution in [0.1, 0.15) is 355 Å². The van der Waals surface area contributed by atoms with E-state index in [0.29, 0.717) is 12.8 Å². The Morgan fingerprint density at radius 1 is 0.443 bits per heavy atom. The average Bonchev–Trinajstić information content (AvgIpc) is 2.78. The number of allylic oxidation sites excluding steroid dienone is 9. The minimum atomic E-state index is -1.62. The van der Waals surface area contributed by atoms with E-state index in [2.05, 4.69) is 74.7 Å². The van der Waals surface area contributed by atoms with Crippen molar-refractivity contribution < 1.29 is 49.3 Å². The lowest BCUT2D eigenvalue weighted by Gasteiger charge is -2.41. The number of ether oxygens (including phenoxy) is 3. The van der Waals surface area contributed by atoms with E-state index < -0.39 is 67.4 Å². The first-order valence-corrected chi connectivity index (χ1v) is 37.6. The minimum absolute atomic E-state index is 0.125. The number of amides is 1. The molecule has 0 aromatic heterocycles. The van der Waals surface area contributed by atoms with Gasteiger partial charge in [0.2, 0.25) is 5.91 Å². The summed E-state index contributed by atoms with van der Waals surface area (Å²) in [5, 5.41) is 57.3. The van der Waals surface area contributed by atoms with E-state index in [-0.39, 0.29) is 19.4 Å². The number of carbonyl (C=O) groups excluding carboxylic acids is 2. The topological polar surface area (TPSA) is 175 Å². The molecule has 0 spiro atoms. The minimum Gasteiger partial charge on any atom is -0.454 e. The molecule has 514 valence electrons. The first-order valence-electron chi connectivity index (χ1n) is 37.6. The monoisotopic (exact) mass is 1240 g/mol. The van der Waals surface area contributed by atoms with Crippen LogP contribution in [-0.4, -0.2) is 99.6 Å². The Hall–Kier alpha value is -2.64. The highest BCUT2D eigenvalue weighted by molar-refractivity contribution is 5.80. The second-order valence-corrected chi connectivity index (χ2v) is 26.0. The summed E-state index contributed by atoms with van der Waals surface area (Å²) in [6.45, 7) is 5.80. The molecule has 1 rings (SSSR count). The van der Waals surface area contributed by atoms with Gasteiger partial charge in [0.1, 0.15) is 24.4 Å². The number of unbranched alkanes of at least 4 members (excludes halogenated alkanes) is 43. The van der Waals surface area contributed by atoms with Crippen LogP contribution in [-0.2, 0) is 23.8 Å². The number of aliphatic hydroxyl groups is 5. The fraction of sp³-hybridized carbons (Fsp3) is 0.844. The number of nitrogens with one attached hydrogen (secondary N) is 1. The molecule has 1 heterocycles. The standard InChI is InChI=1S/C77H141NO10/c1-4-7-10-13-16-19-22-25-27-29-31-33-34-35-36-37-38-39-41-43-45-47-50-53-56-59-62-65-72(82)88-75-74(84)73(83)71(66-79)87-77(75)86-67-68(69(80)63-60-57-54-51-48-24-21-18-15-12-9-6-3)78-76(85)70(81)64-61-58-55-52-49-46-44-42-40-32-30-28-26-23-20-17-14-11-8-5-2/h17,20,25-28,32,40,60,63,68-71,73-75,77,79-81,83-84H,4-16,18-19,21-24,29-31,33-39,41-59,61-62,64-67H2,1-3H3,(H,78,85)/b20-17-,27-25+,28-26-,40-32-,63-60+. The lowest BCUT2D eigenvalue weighted by molar-refractivity contribution is -0.305. The van der Waals surface area contributed by atoms with Crippen LogP contribution >= 0.6 is 0 Å². The normalized spacial score (nSPS) is 18.5. The van der Waals surface area contributed by atoms with Gasteiger partial charge < -0.3 is 45.1 Å². The summed E-state index contributed by atoms with van der Waals surface area (Å²) in [5.41, 5.74) is 0. The molecular weight excluding hydrogens is 1100 g/mol. The molecule has 0 aromatic rings. The lowest BCUT2D eigenvalue weighted by atomic mass is 9.99. The summed E-state index contributed by atoms with van der Waals surface area (Å²) in [6, 6.07) is -1.03. The van der Waals surface area contributed by atoms with Crippen LogP contribution in [0.25, 0.3) is 0 Å². The Morgan fingerprint density at radius 3 is 1.20 bits per heavy atom. The molecule has 0 aromatic carbocycles. The summed E-state index contributed by atoms with van der Waals surface area (Å²) in [6.07, 6.45) is 72.7. The summed E-state index contributed by atoms with van der Waals surface area (Å²) in [5.74, 6) is -1.19. The van der Waals surface area contributed by atoms with Crippen LogP contribution in [0.2, 0.25) is 0 Å². The molecule has 1 aliphatic heterocycles. The van der Waals surface area contributed by atoms with Gasteiger partial charge in [-0.2, -0.15) is 0 Å². The Labute approximate surface area is 541 Å². The van der Waals surface area contributed by atoms with Crippen LogP contribution in [0, 0.1) is 0 Å². The maximum Gasteiger partial charge on any atom is 0.306 e. The van der Waals surface area contributed by atoms with Gasteiger partial charge in [0.25, 0.3) is 0 Å². The molecule has 6 N–H and O–H groups in total. The molecule has 1 fully saturated rings. The molecule has 1 aliphatic rings. The van der Waals surface area contributed by atoms with Crippen molar-refractivity contribution in [2.75, 3.05) is 13.2 Å². The molecule has 0 saturated carbocycles. The number of rotatable bonds is 65. The van der Waals surface area contributed by atoms with Crippen molar-refractivity contribution >= 4 is 11.9 Å². The first-order chi connectivity index (χ1) is 43.2. The molecule has 88 heavy (non-hydrogen) atoms. The van der Waals surface area contributed by atoms with Crippen LogP contribution in [0.15, 0.2) is 60.8 Å². The third-order valence-electron chi connectivity index (χ3n) is 17.6. The van der Waals surface area contributed by atoms with Crippen LogP contribution in [0.3, 0.4) is 0 Å². The molecule has 8 unspecified atom stereocenters. The van der Waals surface area contributed by atoms with Gasteiger partial charge in [-0.3, -0.25) is 9.59 Å². The van der Waals surface area contributed by atoms with Gasteiger partial charge >= 0.3 is 5.97 Å². The molecule has 11 nitrogen and oxygen atoms in total. The van der Waals surface area contributed by atoms with E-state index in [0.717, 1.165) is 83.5 Å². The van der Waals surface area contributed by atoms with Crippen molar-refractivity contribution in [1.82, 2.24) is 5.32 Å². The van der Waals surface area contributed by atoms with Crippen molar-refractivity contribution in [3.63, 3.8) is 0 Å². The molecule has 1 amide bonds. The van der Waals surface area contributed by atoms with Crippen molar-refractivity contribution in [2.45, 2.75) is 404 Å². The van der Waals surface area contributed by atoms with Gasteiger partial charge in [-0.1, -0.05) is 319 Å². The highest BCUT2D eigenvalue weighted by Gasteiger charge is 2.47. The maximum absolute atomic E-state index is 13.5. The third kappa shape index (κ3) is 50.9. The molecule has 1 saturated heterocycles. The molecule has 11 heteroatoms. The van der Waals surface area contributed by atoms with Crippen molar-refractivity contribution in [2.24, 2.45) is 0 Å². The summed E-state index contributed by atoms with van der Waals surface area (Å²) >= 11 is 0. The van der Waals surface area contributed by atoms with E-state index >= 15 is 0 Å². The van der Waals surface area contributed by atoms with E-state index in [1.54, 1.807) is 6.08 Å². The van der Waals surface area contributed by atoms with Gasteiger partial charge in [-0.05, 0) is 89.9 Å². The van der Waals surface area contributed by atoms with Crippen LogP contribution in [0.5, 0.6) is 0 Å². The smallest absolute Gasteiger partial charge is 0.306 e. The zero-order valence-corrected chi connectivity index (χ0v) is 57.4. The SMILES string of the molecule is CCCCC/C=C\C/C=C\C/C=C\CCCCCCCCCC(O)C(=O)NC(COC1OC(CO)C(O)C(O)C1OC(=O)CCCCCCCCCCCCCCCCCCC/C=C/CCCCCCCC)C(O)/C=C/CCCCCCCCCCCC. The quantitative estimate of drug-likeness (QED) is 0.0195. The van der Waals surface area contributed by atoms with Gasteiger partial charge in [0.15, 0.2) is 12.4 Å². The highest BCUT2D eigenvalue weighted by Crippen LogP contribution is 2.26. The van der Waals surface area contributed by atoms with E-state index in [4.69, 9.17) is 14.2 Å². The predicted octanol–water partition coefficient (Wildman–Crippen LogP) is 19.7. The third-order valence-corrected chi connectivity index (χ3v) is 17.6. The number of carbonyl (C=O) groups is 2. The van der Waals surface area contributed by atoms with Crippen LogP contribution < -0.4 is 5.32 Å². The fourth-order valence-corrected chi connectivity index (χ4v) is 11.7. The summed E-state index contributed by atoms with van der Waals surface area (Å²) < 4.78 is 17.7. The van der Waals surface area contributed by atoms with Gasteiger partial charge in [0, 0.05) is 6.42 Å². The zero-order chi connectivity index (χ0) is 63.9. The van der Waals surface area contributed by atoms with Crippen molar-refractivity contribution in [1.29, 1.82) is 0 Å². The van der Waals surface area contributed by atoms with Gasteiger partial charge in [-0.15, -0.1) is 0 Å². The van der Waals surface area contributed by atoms with E-state index in [1.807, 2.05) is 6.08 Å². The van der Waals surface area contributed by atoms with E-state index in [9.17, 15) is 35.1 Å². The van der Waals surface area contributed by atoms with Crippen LogP contribution in [0.4, 0.5) is 0 Å². The molecule has 0 radical (unpaired) electrons. The number of hydrogen-bond donors (Lipinski definition) is 6. The zero-order valence-electron chi connectivity index (χ0n) is 57.4. The Kier molecular flexibility index (Phi) is 61.1. The molecule has 0 bridgehead atoms. The van der Waals surface area contributed by atoms with Gasteiger partial charge in [0.05, 0.1) is 25.4 Å². The molecular formula is C77H141NO10. The molecule has 8 atom stereocenters. The number of esters is 1. The lowest BCUT2D eigenvalue weighted by Crippen LogP contribution is -2.61. The predicted molar refractivity (Wildman–Crippen MR) is 370 cm³/mol. The Bertz CT molecular complexity index is 1670. The van der Waals surface area contributed by atoms with Gasteiger partial charge in [-0.25, -0.2) is 0 Å². The fourth-order valence-electron chi connectivity index (χ4n) is 11.7. The van der Waals surface area contributed by atoms with Crippen molar-refractivity contribution in [3.05, 3.63) is 60.8 Å². The Balaban J connectivity index is 2.52. The average molecular weight is 1240 g/mol. The van der Waals surface area contributed by atoms with Crippen molar-refractivity contribution in [3.8, 4) is 0 Å². The molecule has 0 aliphatic carbocycles. The summed E-state index contributed by atoms with van der Waals surface area (Å²) in [7, 11) is 0. The largest absolute Gasteiger partial charge is 0.454 e. The summed E-state index contributed by atoms with van der Waals surface area (Å²) in [4.78, 5) is 26.7. The number of aliphatic hydroxyl groups excluding tert-OH is 5. The first kappa shape index (κ1) is 83.4. The second kappa shape index (κ2) is 64.5. The van der Waals surface area contributed by atoms with E-state index in [1.165, 1.54) is 225 Å². The maximum atomic E-state index is 13.5. The number of hydrogen-bond acceptors (Lipinski definition) is 10. The Morgan fingerprint density at radius 2 is 0.784 bits per heavy atom. The highest BCUT2D eigenvalue weighted by atomic mass is 16.7. The second-order valence-electron chi connectivity index (χ2n) is 26.0.